The molecule has 1 N–H and O–H groups in total. The van der Waals surface area contributed by atoms with Crippen molar-refractivity contribution in [2.24, 2.45) is 5.92 Å². The highest BCUT2D eigenvalue weighted by molar-refractivity contribution is 5.22. The quantitative estimate of drug-likeness (QED) is 0.754. The first-order chi connectivity index (χ1) is 6.79. The molecule has 0 radical (unpaired) electrons. The summed E-state index contributed by atoms with van der Waals surface area (Å²) in [6, 6.07) is 11.6. The van der Waals surface area contributed by atoms with Crippen LogP contribution in [0.4, 0.5) is 0 Å². The first kappa shape index (κ1) is 9.72. The minimum Gasteiger partial charge on any atom is -0.313 e. The predicted molar refractivity (Wildman–Crippen MR) is 60.4 cm³/mol. The molecule has 76 valence electrons. The molecular formula is C13H19N. The van der Waals surface area contributed by atoms with Gasteiger partial charge in [-0.3, -0.25) is 0 Å². The smallest absolute Gasteiger partial charge is 0.0159 e. The number of benzene rings is 1. The Morgan fingerprint density at radius 2 is 1.93 bits per heavy atom. The molecule has 2 unspecified atom stereocenters. The standard InChI is InChI=1S/C13H19N/c1-10(2)13-12(8-9-14-13)11-6-4-3-5-7-11/h3-7,10,12-14H,8-9H2,1-2H3. The van der Waals surface area contributed by atoms with Crippen LogP contribution < -0.4 is 5.32 Å². The lowest BCUT2D eigenvalue weighted by atomic mass is 9.86. The summed E-state index contributed by atoms with van der Waals surface area (Å²) in [6.07, 6.45) is 1.28. The second-order valence-electron chi connectivity index (χ2n) is 4.53. The van der Waals surface area contributed by atoms with E-state index in [1.165, 1.54) is 18.5 Å². The zero-order valence-corrected chi connectivity index (χ0v) is 9.03. The molecule has 1 nitrogen and oxygen atoms in total. The fraction of sp³-hybridized carbons (Fsp3) is 0.538. The first-order valence-corrected chi connectivity index (χ1v) is 5.57. The Balaban J connectivity index is 2.18. The summed E-state index contributed by atoms with van der Waals surface area (Å²) >= 11 is 0. The number of hydrogen-bond donors (Lipinski definition) is 1. The maximum absolute atomic E-state index is 3.60. The van der Waals surface area contributed by atoms with Gasteiger partial charge in [-0.15, -0.1) is 0 Å². The molecule has 0 aliphatic carbocycles. The molecule has 1 aliphatic rings. The summed E-state index contributed by atoms with van der Waals surface area (Å²) in [5, 5.41) is 3.60. The van der Waals surface area contributed by atoms with E-state index < -0.39 is 0 Å². The van der Waals surface area contributed by atoms with E-state index >= 15 is 0 Å². The summed E-state index contributed by atoms with van der Waals surface area (Å²) in [5.41, 5.74) is 1.50. The molecule has 0 spiro atoms. The molecule has 2 atom stereocenters. The zero-order valence-electron chi connectivity index (χ0n) is 9.03. The Hall–Kier alpha value is -0.820. The normalized spacial score (nSPS) is 27.1. The molecule has 0 bridgehead atoms. The SMILES string of the molecule is CC(C)C1NCCC1c1ccccc1. The van der Waals surface area contributed by atoms with Crippen molar-refractivity contribution >= 4 is 0 Å². The Kier molecular flexibility index (Phi) is 2.87. The maximum Gasteiger partial charge on any atom is 0.0159 e. The van der Waals surface area contributed by atoms with Crippen LogP contribution in [0.25, 0.3) is 0 Å². The van der Waals surface area contributed by atoms with Crippen LogP contribution >= 0.6 is 0 Å². The third kappa shape index (κ3) is 1.83. The monoisotopic (exact) mass is 189 g/mol. The van der Waals surface area contributed by atoms with Crippen molar-refractivity contribution in [3.05, 3.63) is 35.9 Å². The Labute approximate surface area is 86.5 Å². The van der Waals surface area contributed by atoms with E-state index in [4.69, 9.17) is 0 Å². The van der Waals surface area contributed by atoms with Gasteiger partial charge in [0.2, 0.25) is 0 Å². The van der Waals surface area contributed by atoms with Crippen molar-refractivity contribution in [1.82, 2.24) is 5.32 Å². The molecule has 1 aromatic carbocycles. The lowest BCUT2D eigenvalue weighted by molar-refractivity contribution is 0.416. The molecule has 14 heavy (non-hydrogen) atoms. The van der Waals surface area contributed by atoms with Crippen molar-refractivity contribution in [3.8, 4) is 0 Å². The third-order valence-electron chi connectivity index (χ3n) is 3.21. The molecule has 1 saturated heterocycles. The minimum atomic E-state index is 0.664. The van der Waals surface area contributed by atoms with Crippen LogP contribution in [0.5, 0.6) is 0 Å². The summed E-state index contributed by atoms with van der Waals surface area (Å²) in [5.74, 6) is 1.44. The molecule has 1 fully saturated rings. The van der Waals surface area contributed by atoms with E-state index in [-0.39, 0.29) is 0 Å². The molecule has 0 amide bonds. The molecule has 2 rings (SSSR count). The molecule has 1 aromatic rings. The van der Waals surface area contributed by atoms with Crippen LogP contribution in [0.3, 0.4) is 0 Å². The largest absolute Gasteiger partial charge is 0.313 e. The van der Waals surface area contributed by atoms with Crippen LogP contribution in [0.1, 0.15) is 31.7 Å². The minimum absolute atomic E-state index is 0.664. The van der Waals surface area contributed by atoms with Crippen LogP contribution in [0, 0.1) is 5.92 Å². The van der Waals surface area contributed by atoms with E-state index in [1.54, 1.807) is 0 Å². The summed E-state index contributed by atoms with van der Waals surface area (Å²) in [6.45, 7) is 5.78. The number of hydrogen-bond acceptors (Lipinski definition) is 1. The molecule has 0 aromatic heterocycles. The Morgan fingerprint density at radius 1 is 1.21 bits per heavy atom. The predicted octanol–water partition coefficient (Wildman–Crippen LogP) is 2.79. The Morgan fingerprint density at radius 3 is 2.57 bits per heavy atom. The van der Waals surface area contributed by atoms with Gasteiger partial charge < -0.3 is 5.32 Å². The van der Waals surface area contributed by atoms with Gasteiger partial charge in [-0.05, 0) is 24.4 Å². The van der Waals surface area contributed by atoms with Gasteiger partial charge >= 0.3 is 0 Å². The van der Waals surface area contributed by atoms with Crippen molar-refractivity contribution < 1.29 is 0 Å². The van der Waals surface area contributed by atoms with Crippen molar-refractivity contribution in [3.63, 3.8) is 0 Å². The van der Waals surface area contributed by atoms with E-state index in [1.807, 2.05) is 0 Å². The summed E-state index contributed by atoms with van der Waals surface area (Å²) in [7, 11) is 0. The second kappa shape index (κ2) is 4.14. The average Bonchev–Trinajstić information content (AvgIpc) is 2.67. The molecule has 0 saturated carbocycles. The van der Waals surface area contributed by atoms with Crippen LogP contribution in [-0.2, 0) is 0 Å². The number of nitrogens with one attached hydrogen (secondary N) is 1. The number of rotatable bonds is 2. The van der Waals surface area contributed by atoms with Gasteiger partial charge in [-0.25, -0.2) is 0 Å². The van der Waals surface area contributed by atoms with Gasteiger partial charge in [-0.1, -0.05) is 44.2 Å². The summed E-state index contributed by atoms with van der Waals surface area (Å²) < 4.78 is 0. The van der Waals surface area contributed by atoms with E-state index in [0.29, 0.717) is 6.04 Å². The highest BCUT2D eigenvalue weighted by Gasteiger charge is 2.29. The summed E-state index contributed by atoms with van der Waals surface area (Å²) in [4.78, 5) is 0. The molecular weight excluding hydrogens is 170 g/mol. The highest BCUT2D eigenvalue weighted by Crippen LogP contribution is 2.31. The fourth-order valence-electron chi connectivity index (χ4n) is 2.50. The van der Waals surface area contributed by atoms with Crippen molar-refractivity contribution in [2.45, 2.75) is 32.2 Å². The Bertz CT molecular complexity index is 279. The lowest BCUT2D eigenvalue weighted by Crippen LogP contribution is -2.31. The van der Waals surface area contributed by atoms with Gasteiger partial charge in [-0.2, -0.15) is 0 Å². The van der Waals surface area contributed by atoms with Gasteiger partial charge in [0, 0.05) is 12.0 Å². The van der Waals surface area contributed by atoms with Gasteiger partial charge in [0.25, 0.3) is 0 Å². The first-order valence-electron chi connectivity index (χ1n) is 5.57. The van der Waals surface area contributed by atoms with Crippen LogP contribution in [0.2, 0.25) is 0 Å². The van der Waals surface area contributed by atoms with E-state index in [0.717, 1.165) is 11.8 Å². The van der Waals surface area contributed by atoms with E-state index in [2.05, 4.69) is 49.5 Å². The van der Waals surface area contributed by atoms with Gasteiger partial charge in [0.1, 0.15) is 0 Å². The fourth-order valence-corrected chi connectivity index (χ4v) is 2.50. The molecule has 1 heteroatoms. The second-order valence-corrected chi connectivity index (χ2v) is 4.53. The van der Waals surface area contributed by atoms with Crippen molar-refractivity contribution in [2.75, 3.05) is 6.54 Å². The molecule has 1 heterocycles. The highest BCUT2D eigenvalue weighted by atomic mass is 15.0. The van der Waals surface area contributed by atoms with Gasteiger partial charge in [0.05, 0.1) is 0 Å². The van der Waals surface area contributed by atoms with Gasteiger partial charge in [0.15, 0.2) is 0 Å². The zero-order chi connectivity index (χ0) is 9.97. The maximum atomic E-state index is 3.60. The van der Waals surface area contributed by atoms with Crippen LogP contribution in [0.15, 0.2) is 30.3 Å². The average molecular weight is 189 g/mol. The lowest BCUT2D eigenvalue weighted by Gasteiger charge is -2.23. The van der Waals surface area contributed by atoms with Crippen molar-refractivity contribution in [1.29, 1.82) is 0 Å². The van der Waals surface area contributed by atoms with E-state index in [9.17, 15) is 0 Å². The van der Waals surface area contributed by atoms with Crippen LogP contribution in [-0.4, -0.2) is 12.6 Å². The molecule has 1 aliphatic heterocycles. The topological polar surface area (TPSA) is 12.0 Å². The third-order valence-corrected chi connectivity index (χ3v) is 3.21.